The van der Waals surface area contributed by atoms with Gasteiger partial charge in [-0.25, -0.2) is 0 Å². The highest BCUT2D eigenvalue weighted by Gasteiger charge is 2.31. The van der Waals surface area contributed by atoms with E-state index in [9.17, 15) is 23.1 Å². The van der Waals surface area contributed by atoms with E-state index < -0.39 is 23.4 Å². The highest BCUT2D eigenvalue weighted by molar-refractivity contribution is 5.23. The van der Waals surface area contributed by atoms with Gasteiger partial charge in [0.1, 0.15) is 0 Å². The molecule has 2 rings (SSSR count). The number of benzene rings is 1. The van der Waals surface area contributed by atoms with E-state index in [0.29, 0.717) is 5.56 Å². The van der Waals surface area contributed by atoms with Gasteiger partial charge in [0, 0.05) is 12.3 Å². The molecule has 0 amide bonds. The Labute approximate surface area is 119 Å². The second-order valence-electron chi connectivity index (χ2n) is 4.83. The van der Waals surface area contributed by atoms with Crippen LogP contribution in [0.15, 0.2) is 47.4 Å². The van der Waals surface area contributed by atoms with Crippen molar-refractivity contribution < 1.29 is 18.3 Å². The summed E-state index contributed by atoms with van der Waals surface area (Å²) < 4.78 is 38.7. The zero-order valence-electron chi connectivity index (χ0n) is 11.3. The van der Waals surface area contributed by atoms with E-state index >= 15 is 0 Å². The molecule has 1 heterocycles. The summed E-state index contributed by atoms with van der Waals surface area (Å²) in [6.07, 6.45) is -4.85. The van der Waals surface area contributed by atoms with Crippen molar-refractivity contribution in [2.24, 2.45) is 0 Å². The minimum Gasteiger partial charge on any atom is -0.387 e. The van der Waals surface area contributed by atoms with Crippen molar-refractivity contribution in [3.63, 3.8) is 0 Å². The predicted octanol–water partition coefficient (Wildman–Crippen LogP) is 2.91. The Hall–Kier alpha value is -2.08. The molecule has 0 bridgehead atoms. The summed E-state index contributed by atoms with van der Waals surface area (Å²) in [7, 11) is 0. The van der Waals surface area contributed by atoms with E-state index in [-0.39, 0.29) is 6.54 Å². The largest absolute Gasteiger partial charge is 0.417 e. The maximum Gasteiger partial charge on any atom is 0.417 e. The molecule has 1 atom stereocenters. The van der Waals surface area contributed by atoms with Gasteiger partial charge in [-0.15, -0.1) is 0 Å². The van der Waals surface area contributed by atoms with Crippen molar-refractivity contribution in [1.82, 2.24) is 4.57 Å². The van der Waals surface area contributed by atoms with Crippen LogP contribution in [0, 0.1) is 6.92 Å². The molecule has 0 radical (unpaired) electrons. The minimum absolute atomic E-state index is 0.230. The van der Waals surface area contributed by atoms with Crippen LogP contribution in [0.2, 0.25) is 0 Å². The van der Waals surface area contributed by atoms with Crippen LogP contribution in [0.5, 0.6) is 0 Å². The monoisotopic (exact) mass is 297 g/mol. The smallest absolute Gasteiger partial charge is 0.387 e. The number of aliphatic hydroxyl groups excluding tert-OH is 1. The summed E-state index contributed by atoms with van der Waals surface area (Å²) in [6.45, 7) is 1.65. The molecule has 2 aromatic rings. The average Bonchev–Trinajstić information content (AvgIpc) is 2.40. The van der Waals surface area contributed by atoms with Gasteiger partial charge in [0.05, 0.1) is 18.2 Å². The Kier molecular flexibility index (Phi) is 4.18. The topological polar surface area (TPSA) is 42.2 Å². The molecular weight excluding hydrogens is 283 g/mol. The minimum atomic E-state index is -4.52. The molecular formula is C15H14F3NO2. The van der Waals surface area contributed by atoms with Crippen LogP contribution in [0.1, 0.15) is 22.8 Å². The number of alkyl halides is 3. The number of nitrogens with zero attached hydrogens (tertiary/aromatic N) is 1. The van der Waals surface area contributed by atoms with Gasteiger partial charge in [0.15, 0.2) is 0 Å². The van der Waals surface area contributed by atoms with Crippen molar-refractivity contribution in [2.75, 3.05) is 0 Å². The molecule has 0 saturated carbocycles. The van der Waals surface area contributed by atoms with E-state index in [0.717, 1.165) is 28.5 Å². The molecule has 21 heavy (non-hydrogen) atoms. The number of hydrogen-bond donors (Lipinski definition) is 1. The highest BCUT2D eigenvalue weighted by atomic mass is 19.4. The van der Waals surface area contributed by atoms with Crippen molar-refractivity contribution in [1.29, 1.82) is 0 Å². The lowest BCUT2D eigenvalue weighted by Crippen LogP contribution is -2.24. The second-order valence-corrected chi connectivity index (χ2v) is 4.83. The fourth-order valence-corrected chi connectivity index (χ4v) is 1.92. The third kappa shape index (κ3) is 3.72. The molecule has 1 unspecified atom stereocenters. The highest BCUT2D eigenvalue weighted by Crippen LogP contribution is 2.28. The standard InChI is InChI=1S/C15H14F3NO2/c1-10-2-4-11(5-3-10)13(20)9-19-8-12(15(16,17)18)6-7-14(19)21/h2-8,13,20H,9H2,1H3. The molecule has 1 N–H and O–H groups in total. The fourth-order valence-electron chi connectivity index (χ4n) is 1.92. The molecule has 0 aliphatic heterocycles. The van der Waals surface area contributed by atoms with Crippen LogP contribution in [0.25, 0.3) is 0 Å². The summed E-state index contributed by atoms with van der Waals surface area (Å²) in [4.78, 5) is 11.6. The van der Waals surface area contributed by atoms with E-state index in [1.807, 2.05) is 6.92 Å². The number of rotatable bonds is 3. The first kappa shape index (κ1) is 15.3. The van der Waals surface area contributed by atoms with Gasteiger partial charge in [-0.3, -0.25) is 4.79 Å². The predicted molar refractivity (Wildman–Crippen MR) is 71.8 cm³/mol. The van der Waals surface area contributed by atoms with Crippen LogP contribution < -0.4 is 5.56 Å². The summed E-state index contributed by atoms with van der Waals surface area (Å²) >= 11 is 0. The zero-order chi connectivity index (χ0) is 15.6. The SMILES string of the molecule is Cc1ccc(C(O)Cn2cc(C(F)(F)F)ccc2=O)cc1. The molecule has 1 aromatic heterocycles. The van der Waals surface area contributed by atoms with Gasteiger partial charge in [0.25, 0.3) is 5.56 Å². The zero-order valence-corrected chi connectivity index (χ0v) is 11.3. The van der Waals surface area contributed by atoms with Crippen molar-refractivity contribution in [3.05, 3.63) is 69.6 Å². The third-order valence-electron chi connectivity index (χ3n) is 3.14. The van der Waals surface area contributed by atoms with E-state index in [1.54, 1.807) is 24.3 Å². The lowest BCUT2D eigenvalue weighted by Gasteiger charge is -2.15. The van der Waals surface area contributed by atoms with E-state index in [4.69, 9.17) is 0 Å². The number of aliphatic hydroxyl groups is 1. The summed E-state index contributed by atoms with van der Waals surface area (Å²) in [6, 6.07) is 8.51. The van der Waals surface area contributed by atoms with Crippen LogP contribution in [-0.4, -0.2) is 9.67 Å². The maximum absolute atomic E-state index is 12.6. The van der Waals surface area contributed by atoms with Crippen LogP contribution in [-0.2, 0) is 12.7 Å². The van der Waals surface area contributed by atoms with E-state index in [1.165, 1.54) is 0 Å². The molecule has 0 saturated heterocycles. The Morgan fingerprint density at radius 1 is 1.14 bits per heavy atom. The van der Waals surface area contributed by atoms with Gasteiger partial charge in [-0.05, 0) is 18.6 Å². The first-order valence-corrected chi connectivity index (χ1v) is 6.29. The normalized spacial score (nSPS) is 13.2. The van der Waals surface area contributed by atoms with Crippen molar-refractivity contribution in [2.45, 2.75) is 25.7 Å². The van der Waals surface area contributed by atoms with Crippen LogP contribution >= 0.6 is 0 Å². The first-order valence-electron chi connectivity index (χ1n) is 6.29. The summed E-state index contributed by atoms with van der Waals surface area (Å²) in [5.74, 6) is 0. The van der Waals surface area contributed by atoms with Crippen molar-refractivity contribution in [3.8, 4) is 0 Å². The number of aryl methyl sites for hydroxylation is 1. The number of hydrogen-bond acceptors (Lipinski definition) is 2. The number of pyridine rings is 1. The van der Waals surface area contributed by atoms with Crippen LogP contribution in [0.4, 0.5) is 13.2 Å². The summed E-state index contributed by atoms with van der Waals surface area (Å²) in [5, 5.41) is 10.0. The second kappa shape index (κ2) is 5.73. The van der Waals surface area contributed by atoms with Gasteiger partial charge < -0.3 is 9.67 Å². The molecule has 0 fully saturated rings. The van der Waals surface area contributed by atoms with Crippen LogP contribution in [0.3, 0.4) is 0 Å². The van der Waals surface area contributed by atoms with Crippen molar-refractivity contribution >= 4 is 0 Å². The lowest BCUT2D eigenvalue weighted by molar-refractivity contribution is -0.138. The Morgan fingerprint density at radius 2 is 1.76 bits per heavy atom. The first-order chi connectivity index (χ1) is 9.77. The number of halogens is 3. The molecule has 0 spiro atoms. The summed E-state index contributed by atoms with van der Waals surface area (Å²) in [5.41, 5.74) is 0.0412. The average molecular weight is 297 g/mol. The third-order valence-corrected chi connectivity index (χ3v) is 3.14. The Morgan fingerprint density at radius 3 is 2.33 bits per heavy atom. The van der Waals surface area contributed by atoms with Gasteiger partial charge >= 0.3 is 6.18 Å². The van der Waals surface area contributed by atoms with Gasteiger partial charge in [-0.1, -0.05) is 29.8 Å². The molecule has 0 aliphatic rings. The lowest BCUT2D eigenvalue weighted by atomic mass is 10.1. The fraction of sp³-hybridized carbons (Fsp3) is 0.267. The maximum atomic E-state index is 12.6. The van der Waals surface area contributed by atoms with E-state index in [2.05, 4.69) is 0 Å². The molecule has 0 aliphatic carbocycles. The van der Waals surface area contributed by atoms with Gasteiger partial charge in [0.2, 0.25) is 0 Å². The molecule has 6 heteroatoms. The Balaban J connectivity index is 2.26. The van der Waals surface area contributed by atoms with Gasteiger partial charge in [-0.2, -0.15) is 13.2 Å². The quantitative estimate of drug-likeness (QED) is 0.946. The number of aromatic nitrogens is 1. The molecule has 3 nitrogen and oxygen atoms in total. The molecule has 1 aromatic carbocycles. The molecule has 112 valence electrons. The Bertz CT molecular complexity index is 675.